The number of fused-ring (bicyclic) bond motifs is 1. The first-order valence-electron chi connectivity index (χ1n) is 8.45. The van der Waals surface area contributed by atoms with Gasteiger partial charge < -0.3 is 15.8 Å². The van der Waals surface area contributed by atoms with Gasteiger partial charge in [0.05, 0.1) is 18.2 Å². The Labute approximate surface area is 157 Å². The molecule has 3 rings (SSSR count). The predicted octanol–water partition coefficient (Wildman–Crippen LogP) is 3.59. The number of amides is 1. The molecule has 27 heavy (non-hydrogen) atoms. The zero-order valence-corrected chi connectivity index (χ0v) is 15.4. The van der Waals surface area contributed by atoms with Crippen LogP contribution >= 0.6 is 0 Å². The summed E-state index contributed by atoms with van der Waals surface area (Å²) < 4.78 is 5.31. The first-order valence-corrected chi connectivity index (χ1v) is 8.45. The minimum Gasteiger partial charge on any atom is -0.495 e. The molecule has 0 atom stereocenters. The Morgan fingerprint density at radius 2 is 2.07 bits per heavy atom. The zero-order chi connectivity index (χ0) is 19.6. The highest BCUT2D eigenvalue weighted by atomic mass is 16.5. The minimum atomic E-state index is -0.441. The second-order valence-electron chi connectivity index (χ2n) is 6.40. The Morgan fingerprint density at radius 3 is 2.70 bits per heavy atom. The molecule has 3 N–H and O–H groups in total. The average Bonchev–Trinajstić information content (AvgIpc) is 2.66. The molecule has 0 spiro atoms. The number of nitrogens with one attached hydrogen (secondary N) is 1. The predicted molar refractivity (Wildman–Crippen MR) is 106 cm³/mol. The number of primary amides is 1. The van der Waals surface area contributed by atoms with Crippen molar-refractivity contribution < 1.29 is 9.53 Å². The molecule has 0 aliphatic rings. The lowest BCUT2D eigenvalue weighted by Gasteiger charge is -2.13. The van der Waals surface area contributed by atoms with E-state index in [1.54, 1.807) is 31.5 Å². The van der Waals surface area contributed by atoms with E-state index in [1.165, 1.54) is 0 Å². The van der Waals surface area contributed by atoms with Gasteiger partial charge in [-0.25, -0.2) is 9.97 Å². The number of benzene rings is 2. The van der Waals surface area contributed by atoms with E-state index in [4.69, 9.17) is 16.9 Å². The normalized spacial score (nSPS) is 10.6. The van der Waals surface area contributed by atoms with Gasteiger partial charge in [0.2, 0.25) is 11.9 Å². The summed E-state index contributed by atoms with van der Waals surface area (Å²) in [5.74, 6) is 3.32. The van der Waals surface area contributed by atoms with Crippen molar-refractivity contribution in [2.45, 2.75) is 19.8 Å². The Bertz CT molecular complexity index is 1070. The van der Waals surface area contributed by atoms with Gasteiger partial charge in [0.1, 0.15) is 5.75 Å². The van der Waals surface area contributed by atoms with Gasteiger partial charge in [-0.3, -0.25) is 4.79 Å². The average molecular weight is 360 g/mol. The largest absolute Gasteiger partial charge is 0.495 e. The molecule has 1 heterocycles. The number of aromatic nitrogens is 2. The third-order valence-electron chi connectivity index (χ3n) is 4.25. The lowest BCUT2D eigenvalue weighted by molar-refractivity contribution is 0.0999. The molecular weight excluding hydrogens is 340 g/mol. The van der Waals surface area contributed by atoms with Gasteiger partial charge in [-0.1, -0.05) is 19.8 Å². The molecule has 0 aliphatic carbocycles. The number of carbonyl (C=O) groups is 1. The van der Waals surface area contributed by atoms with Crippen LogP contribution in [-0.4, -0.2) is 23.0 Å². The van der Waals surface area contributed by atoms with Gasteiger partial charge in [0, 0.05) is 28.9 Å². The summed E-state index contributed by atoms with van der Waals surface area (Å²) in [5, 5.41) is 3.99. The SMILES string of the molecule is C#Cc1cc2cnc(Nc3ccc(C(N)=O)c(C(C)C)c3)nc2cc1OC. The van der Waals surface area contributed by atoms with E-state index >= 15 is 0 Å². The van der Waals surface area contributed by atoms with Gasteiger partial charge in [-0.05, 0) is 35.7 Å². The summed E-state index contributed by atoms with van der Waals surface area (Å²) in [5.41, 5.74) is 8.98. The standard InChI is InChI=1S/C21H20N4O2/c1-5-13-8-14-11-23-21(25-18(14)10-19(13)27-4)24-15-6-7-16(20(22)26)17(9-15)12(2)3/h1,6-12H,2-4H3,(H2,22,26)(H,23,24,25). The molecule has 0 saturated carbocycles. The van der Waals surface area contributed by atoms with Gasteiger partial charge >= 0.3 is 0 Å². The van der Waals surface area contributed by atoms with Crippen molar-refractivity contribution in [2.75, 3.05) is 12.4 Å². The maximum Gasteiger partial charge on any atom is 0.248 e. The second-order valence-corrected chi connectivity index (χ2v) is 6.40. The van der Waals surface area contributed by atoms with Crippen LogP contribution in [0.25, 0.3) is 10.9 Å². The number of hydrogen-bond donors (Lipinski definition) is 2. The third kappa shape index (κ3) is 3.67. The molecule has 0 unspecified atom stereocenters. The first kappa shape index (κ1) is 18.2. The van der Waals surface area contributed by atoms with Crippen LogP contribution in [0.3, 0.4) is 0 Å². The number of rotatable bonds is 5. The van der Waals surface area contributed by atoms with Crippen LogP contribution in [0.15, 0.2) is 36.5 Å². The Hall–Kier alpha value is -3.59. The molecule has 0 aliphatic heterocycles. The summed E-state index contributed by atoms with van der Waals surface area (Å²) in [6.45, 7) is 4.01. The maximum absolute atomic E-state index is 11.6. The summed E-state index contributed by atoms with van der Waals surface area (Å²) >= 11 is 0. The van der Waals surface area contributed by atoms with E-state index in [2.05, 4.69) is 21.2 Å². The first-order chi connectivity index (χ1) is 12.9. The topological polar surface area (TPSA) is 90.1 Å². The smallest absolute Gasteiger partial charge is 0.248 e. The van der Waals surface area contributed by atoms with Crippen LogP contribution in [0.5, 0.6) is 5.75 Å². The van der Waals surface area contributed by atoms with Gasteiger partial charge in [0.25, 0.3) is 0 Å². The number of anilines is 2. The van der Waals surface area contributed by atoms with Crippen molar-refractivity contribution >= 4 is 28.4 Å². The Morgan fingerprint density at radius 1 is 1.30 bits per heavy atom. The van der Waals surface area contributed by atoms with Crippen LogP contribution in [0.2, 0.25) is 0 Å². The van der Waals surface area contributed by atoms with Crippen molar-refractivity contribution in [3.05, 3.63) is 53.2 Å². The van der Waals surface area contributed by atoms with Crippen molar-refractivity contribution in [1.29, 1.82) is 0 Å². The summed E-state index contributed by atoms with van der Waals surface area (Å²) in [6.07, 6.45) is 7.21. The van der Waals surface area contributed by atoms with E-state index in [0.29, 0.717) is 28.3 Å². The van der Waals surface area contributed by atoms with E-state index in [9.17, 15) is 4.79 Å². The van der Waals surface area contributed by atoms with Crippen LogP contribution in [0, 0.1) is 12.3 Å². The number of ether oxygens (including phenoxy) is 1. The maximum atomic E-state index is 11.6. The fourth-order valence-electron chi connectivity index (χ4n) is 2.87. The van der Waals surface area contributed by atoms with Gasteiger partial charge in [-0.2, -0.15) is 0 Å². The van der Waals surface area contributed by atoms with E-state index in [1.807, 2.05) is 26.0 Å². The molecule has 3 aromatic rings. The number of carbonyl (C=O) groups excluding carboxylic acids is 1. The molecule has 1 aromatic heterocycles. The fraction of sp³-hybridized carbons (Fsp3) is 0.190. The van der Waals surface area contributed by atoms with Crippen LogP contribution in [-0.2, 0) is 0 Å². The lowest BCUT2D eigenvalue weighted by atomic mass is 9.96. The van der Waals surface area contributed by atoms with E-state index < -0.39 is 5.91 Å². The van der Waals surface area contributed by atoms with E-state index in [0.717, 1.165) is 16.6 Å². The van der Waals surface area contributed by atoms with Crippen LogP contribution < -0.4 is 15.8 Å². The summed E-state index contributed by atoms with van der Waals surface area (Å²) in [7, 11) is 1.57. The zero-order valence-electron chi connectivity index (χ0n) is 15.4. The van der Waals surface area contributed by atoms with Crippen LogP contribution in [0.1, 0.15) is 41.3 Å². The quantitative estimate of drug-likeness (QED) is 0.679. The molecule has 0 bridgehead atoms. The third-order valence-corrected chi connectivity index (χ3v) is 4.25. The van der Waals surface area contributed by atoms with Gasteiger partial charge in [0.15, 0.2) is 0 Å². The lowest BCUT2D eigenvalue weighted by Crippen LogP contribution is -2.14. The monoisotopic (exact) mass is 360 g/mol. The van der Waals surface area contributed by atoms with E-state index in [-0.39, 0.29) is 5.92 Å². The summed E-state index contributed by atoms with van der Waals surface area (Å²) in [4.78, 5) is 20.5. The highest BCUT2D eigenvalue weighted by Gasteiger charge is 2.13. The highest BCUT2D eigenvalue weighted by Crippen LogP contribution is 2.27. The number of hydrogen-bond acceptors (Lipinski definition) is 5. The molecule has 0 radical (unpaired) electrons. The summed E-state index contributed by atoms with van der Waals surface area (Å²) in [6, 6.07) is 8.98. The van der Waals surface area contributed by atoms with Crippen LogP contribution in [0.4, 0.5) is 11.6 Å². The Kier molecular flexibility index (Phi) is 4.95. The highest BCUT2D eigenvalue weighted by molar-refractivity contribution is 5.95. The van der Waals surface area contributed by atoms with Gasteiger partial charge in [-0.15, -0.1) is 6.42 Å². The molecule has 136 valence electrons. The number of methoxy groups -OCH3 is 1. The van der Waals surface area contributed by atoms with Crippen molar-refractivity contribution in [1.82, 2.24) is 9.97 Å². The number of terminal acetylenes is 1. The molecular formula is C21H20N4O2. The minimum absolute atomic E-state index is 0.151. The van der Waals surface area contributed by atoms with Crippen molar-refractivity contribution in [3.63, 3.8) is 0 Å². The number of nitrogens with zero attached hydrogens (tertiary/aromatic N) is 2. The van der Waals surface area contributed by atoms with Crippen molar-refractivity contribution in [3.8, 4) is 18.1 Å². The number of nitrogens with two attached hydrogens (primary N) is 1. The molecule has 6 heteroatoms. The molecule has 6 nitrogen and oxygen atoms in total. The molecule has 1 amide bonds. The van der Waals surface area contributed by atoms with Crippen molar-refractivity contribution in [2.24, 2.45) is 5.73 Å². The fourth-order valence-corrected chi connectivity index (χ4v) is 2.87. The Balaban J connectivity index is 1.98. The molecule has 2 aromatic carbocycles. The molecule has 0 fully saturated rings. The second kappa shape index (κ2) is 7.34. The molecule has 0 saturated heterocycles.